The molecule has 0 N–H and O–H groups in total. The Hall–Kier alpha value is -2.43. The largest absolute Gasteiger partial charge is 0.492 e. The molecule has 0 amide bonds. The third-order valence-electron chi connectivity index (χ3n) is 4.83. The molecule has 2 heterocycles. The lowest BCUT2D eigenvalue weighted by Gasteiger charge is -2.15. The summed E-state index contributed by atoms with van der Waals surface area (Å²) in [5.74, 6) is 0.892. The highest BCUT2D eigenvalue weighted by Crippen LogP contribution is 2.23. The molecular formula is C22H22ClN3O. The highest BCUT2D eigenvalue weighted by atomic mass is 35.5. The standard InChI is InChI=1S/C22H22ClN3O/c23-19-7-3-17(4-8-19)21-11-12-22(25-24-21)18-5-9-20(10-6-18)27-16-15-26-13-1-2-14-26/h3-12H,1-2,13-16H2. The monoisotopic (exact) mass is 379 g/mol. The molecule has 5 heteroatoms. The Morgan fingerprint density at radius 1 is 0.778 bits per heavy atom. The number of halogens is 1. The van der Waals surface area contributed by atoms with E-state index in [0.717, 1.165) is 41.4 Å². The van der Waals surface area contributed by atoms with Gasteiger partial charge in [-0.2, -0.15) is 0 Å². The van der Waals surface area contributed by atoms with Crippen LogP contribution < -0.4 is 4.74 Å². The Morgan fingerprint density at radius 2 is 1.33 bits per heavy atom. The van der Waals surface area contributed by atoms with Crippen molar-refractivity contribution in [1.29, 1.82) is 0 Å². The molecule has 0 saturated carbocycles. The molecule has 1 aliphatic heterocycles. The third kappa shape index (κ3) is 4.65. The summed E-state index contributed by atoms with van der Waals surface area (Å²) in [6.07, 6.45) is 2.62. The minimum atomic E-state index is 0.714. The van der Waals surface area contributed by atoms with E-state index in [9.17, 15) is 0 Å². The van der Waals surface area contributed by atoms with E-state index in [0.29, 0.717) is 5.02 Å². The number of likely N-dealkylation sites (tertiary alicyclic amines) is 1. The summed E-state index contributed by atoms with van der Waals surface area (Å²) in [6.45, 7) is 4.13. The van der Waals surface area contributed by atoms with E-state index in [1.54, 1.807) is 0 Å². The first kappa shape index (κ1) is 18.0. The molecule has 0 unspecified atom stereocenters. The molecular weight excluding hydrogens is 358 g/mol. The number of benzene rings is 2. The van der Waals surface area contributed by atoms with Gasteiger partial charge >= 0.3 is 0 Å². The van der Waals surface area contributed by atoms with Crippen LogP contribution >= 0.6 is 11.6 Å². The minimum Gasteiger partial charge on any atom is -0.492 e. The molecule has 0 atom stereocenters. The molecule has 0 bridgehead atoms. The first-order chi connectivity index (χ1) is 13.3. The van der Waals surface area contributed by atoms with Gasteiger partial charge in [-0.1, -0.05) is 23.7 Å². The van der Waals surface area contributed by atoms with Crippen LogP contribution in [0.25, 0.3) is 22.5 Å². The molecule has 4 nitrogen and oxygen atoms in total. The van der Waals surface area contributed by atoms with E-state index < -0.39 is 0 Å². The lowest BCUT2D eigenvalue weighted by molar-refractivity contribution is 0.238. The van der Waals surface area contributed by atoms with Crippen LogP contribution in [-0.2, 0) is 0 Å². The quantitative estimate of drug-likeness (QED) is 0.608. The number of hydrogen-bond donors (Lipinski definition) is 0. The molecule has 138 valence electrons. The van der Waals surface area contributed by atoms with Crippen LogP contribution in [0.15, 0.2) is 60.7 Å². The molecule has 4 rings (SSSR count). The molecule has 0 spiro atoms. The Morgan fingerprint density at radius 3 is 1.89 bits per heavy atom. The summed E-state index contributed by atoms with van der Waals surface area (Å²) in [6, 6.07) is 19.6. The third-order valence-corrected chi connectivity index (χ3v) is 5.08. The van der Waals surface area contributed by atoms with Gasteiger partial charge < -0.3 is 4.74 Å². The number of nitrogens with zero attached hydrogens (tertiary/aromatic N) is 3. The normalized spacial score (nSPS) is 14.4. The maximum absolute atomic E-state index is 5.93. The number of rotatable bonds is 6. The van der Waals surface area contributed by atoms with E-state index in [2.05, 4.69) is 15.1 Å². The van der Waals surface area contributed by atoms with E-state index in [1.165, 1.54) is 25.9 Å². The van der Waals surface area contributed by atoms with Crippen molar-refractivity contribution < 1.29 is 4.74 Å². The Labute approximate surface area is 164 Å². The van der Waals surface area contributed by atoms with Gasteiger partial charge in [-0.3, -0.25) is 4.90 Å². The van der Waals surface area contributed by atoms with Gasteiger partial charge in [0.15, 0.2) is 0 Å². The highest BCUT2D eigenvalue weighted by molar-refractivity contribution is 6.30. The van der Waals surface area contributed by atoms with Crippen molar-refractivity contribution in [2.75, 3.05) is 26.2 Å². The fraction of sp³-hybridized carbons (Fsp3) is 0.273. The fourth-order valence-electron chi connectivity index (χ4n) is 3.28. The smallest absolute Gasteiger partial charge is 0.119 e. The van der Waals surface area contributed by atoms with Crippen molar-refractivity contribution in [3.05, 3.63) is 65.7 Å². The van der Waals surface area contributed by atoms with Crippen molar-refractivity contribution in [3.63, 3.8) is 0 Å². The molecule has 1 fully saturated rings. The number of aromatic nitrogens is 2. The molecule has 2 aromatic carbocycles. The molecule has 0 aliphatic carbocycles. The first-order valence-corrected chi connectivity index (χ1v) is 9.71. The number of hydrogen-bond acceptors (Lipinski definition) is 4. The first-order valence-electron chi connectivity index (χ1n) is 9.33. The lowest BCUT2D eigenvalue weighted by Crippen LogP contribution is -2.25. The maximum Gasteiger partial charge on any atom is 0.119 e. The second kappa shape index (κ2) is 8.51. The van der Waals surface area contributed by atoms with Crippen molar-refractivity contribution in [3.8, 4) is 28.3 Å². The summed E-state index contributed by atoms with van der Waals surface area (Å²) in [4.78, 5) is 2.45. The molecule has 1 saturated heterocycles. The predicted molar refractivity (Wildman–Crippen MR) is 109 cm³/mol. The van der Waals surface area contributed by atoms with E-state index in [1.807, 2.05) is 60.7 Å². The van der Waals surface area contributed by atoms with E-state index in [4.69, 9.17) is 16.3 Å². The van der Waals surface area contributed by atoms with Crippen molar-refractivity contribution in [2.45, 2.75) is 12.8 Å². The van der Waals surface area contributed by atoms with Crippen molar-refractivity contribution >= 4 is 11.6 Å². The number of ether oxygens (including phenoxy) is 1. The maximum atomic E-state index is 5.93. The highest BCUT2D eigenvalue weighted by Gasteiger charge is 2.10. The summed E-state index contributed by atoms with van der Waals surface area (Å²) in [5, 5.41) is 9.42. The van der Waals surface area contributed by atoms with Gasteiger partial charge in [-0.15, -0.1) is 10.2 Å². The minimum absolute atomic E-state index is 0.714. The van der Waals surface area contributed by atoms with Gasteiger partial charge in [0.25, 0.3) is 0 Å². The average Bonchev–Trinajstić information content (AvgIpc) is 3.23. The van der Waals surface area contributed by atoms with E-state index in [-0.39, 0.29) is 0 Å². The topological polar surface area (TPSA) is 38.2 Å². The Kier molecular flexibility index (Phi) is 5.66. The van der Waals surface area contributed by atoms with Gasteiger partial charge in [0.1, 0.15) is 12.4 Å². The van der Waals surface area contributed by atoms with Gasteiger partial charge in [0.2, 0.25) is 0 Å². The average molecular weight is 380 g/mol. The van der Waals surface area contributed by atoms with Gasteiger partial charge in [-0.25, -0.2) is 0 Å². The van der Waals surface area contributed by atoms with Gasteiger partial charge in [0, 0.05) is 22.7 Å². The molecule has 3 aromatic rings. The summed E-state index contributed by atoms with van der Waals surface area (Å²) in [7, 11) is 0. The predicted octanol–water partition coefficient (Wildman–Crippen LogP) is 4.94. The SMILES string of the molecule is Clc1ccc(-c2ccc(-c3ccc(OCCN4CCCC4)cc3)nn2)cc1. The zero-order valence-electron chi connectivity index (χ0n) is 15.1. The molecule has 1 aliphatic rings. The van der Waals surface area contributed by atoms with Crippen LogP contribution in [0.4, 0.5) is 0 Å². The summed E-state index contributed by atoms with van der Waals surface area (Å²) >= 11 is 5.93. The Balaban J connectivity index is 1.37. The Bertz CT molecular complexity index is 858. The molecule has 1 aromatic heterocycles. The second-order valence-electron chi connectivity index (χ2n) is 6.73. The van der Waals surface area contributed by atoms with Gasteiger partial charge in [-0.05, 0) is 74.5 Å². The molecule has 27 heavy (non-hydrogen) atoms. The van der Waals surface area contributed by atoms with Crippen LogP contribution in [0.1, 0.15) is 12.8 Å². The van der Waals surface area contributed by atoms with Gasteiger partial charge in [0.05, 0.1) is 11.4 Å². The van der Waals surface area contributed by atoms with Crippen LogP contribution in [-0.4, -0.2) is 41.3 Å². The summed E-state index contributed by atoms with van der Waals surface area (Å²) < 4.78 is 5.86. The van der Waals surface area contributed by atoms with Crippen molar-refractivity contribution in [2.24, 2.45) is 0 Å². The second-order valence-corrected chi connectivity index (χ2v) is 7.17. The zero-order chi connectivity index (χ0) is 18.5. The zero-order valence-corrected chi connectivity index (χ0v) is 15.9. The van der Waals surface area contributed by atoms with Crippen LogP contribution in [0.3, 0.4) is 0 Å². The summed E-state index contributed by atoms with van der Waals surface area (Å²) in [5.41, 5.74) is 3.70. The fourth-order valence-corrected chi connectivity index (χ4v) is 3.41. The van der Waals surface area contributed by atoms with Crippen LogP contribution in [0.5, 0.6) is 5.75 Å². The van der Waals surface area contributed by atoms with Crippen LogP contribution in [0.2, 0.25) is 5.02 Å². The van der Waals surface area contributed by atoms with Crippen molar-refractivity contribution in [1.82, 2.24) is 15.1 Å². The van der Waals surface area contributed by atoms with E-state index >= 15 is 0 Å². The molecule has 0 radical (unpaired) electrons. The van der Waals surface area contributed by atoms with Crippen LogP contribution in [0, 0.1) is 0 Å². The lowest BCUT2D eigenvalue weighted by atomic mass is 10.1.